The van der Waals surface area contributed by atoms with Gasteiger partial charge in [-0.2, -0.15) is 5.26 Å². The van der Waals surface area contributed by atoms with Gasteiger partial charge < -0.3 is 5.32 Å². The van der Waals surface area contributed by atoms with Gasteiger partial charge in [0.05, 0.1) is 11.6 Å². The maximum atomic E-state index is 8.77. The van der Waals surface area contributed by atoms with Crippen molar-refractivity contribution in [3.8, 4) is 6.07 Å². The van der Waals surface area contributed by atoms with Crippen LogP contribution in [-0.2, 0) is 0 Å². The molecule has 0 saturated heterocycles. The van der Waals surface area contributed by atoms with Gasteiger partial charge in [-0.25, -0.2) is 4.98 Å². The van der Waals surface area contributed by atoms with E-state index in [1.54, 1.807) is 12.3 Å². The fourth-order valence-electron chi connectivity index (χ4n) is 2.99. The van der Waals surface area contributed by atoms with Crippen LogP contribution in [0.1, 0.15) is 32.1 Å². The maximum Gasteiger partial charge on any atom is 0.137 e. The molecule has 3 rings (SSSR count). The van der Waals surface area contributed by atoms with E-state index in [0.29, 0.717) is 23.5 Å². The summed E-state index contributed by atoms with van der Waals surface area (Å²) in [6.07, 6.45) is 6.78. The van der Waals surface area contributed by atoms with Gasteiger partial charge in [-0.3, -0.25) is 4.98 Å². The predicted octanol–water partition coefficient (Wildman–Crippen LogP) is 4.17. The number of nitrogens with zero attached hydrogens (tertiary/aromatic N) is 3. The first-order valence-electron chi connectivity index (χ1n) is 7.31. The van der Waals surface area contributed by atoms with Crippen molar-refractivity contribution in [3.05, 3.63) is 29.5 Å². The van der Waals surface area contributed by atoms with Crippen LogP contribution in [0, 0.1) is 17.2 Å². The lowest BCUT2D eigenvalue weighted by molar-refractivity contribution is 0.342. The Morgan fingerprint density at radius 3 is 2.90 bits per heavy atom. The van der Waals surface area contributed by atoms with Gasteiger partial charge in [0.25, 0.3) is 0 Å². The highest BCUT2D eigenvalue weighted by atomic mass is 35.5. The van der Waals surface area contributed by atoms with Crippen molar-refractivity contribution < 1.29 is 0 Å². The summed E-state index contributed by atoms with van der Waals surface area (Å²) >= 11 is 6.08. The number of halogens is 1. The largest absolute Gasteiger partial charge is 0.367 e. The maximum absolute atomic E-state index is 8.77. The van der Waals surface area contributed by atoms with E-state index >= 15 is 0 Å². The van der Waals surface area contributed by atoms with E-state index in [9.17, 15) is 0 Å². The molecule has 0 bridgehead atoms. The van der Waals surface area contributed by atoms with Gasteiger partial charge in [0.15, 0.2) is 0 Å². The zero-order valence-corrected chi connectivity index (χ0v) is 12.5. The van der Waals surface area contributed by atoms with Crippen molar-refractivity contribution in [2.75, 3.05) is 5.32 Å². The molecule has 1 aliphatic carbocycles. The summed E-state index contributed by atoms with van der Waals surface area (Å²) < 4.78 is 0. The van der Waals surface area contributed by atoms with E-state index < -0.39 is 0 Å². The molecule has 0 aliphatic heterocycles. The molecule has 1 saturated carbocycles. The third-order valence-corrected chi connectivity index (χ3v) is 4.33. The smallest absolute Gasteiger partial charge is 0.137 e. The van der Waals surface area contributed by atoms with Gasteiger partial charge in [-0.15, -0.1) is 0 Å². The summed E-state index contributed by atoms with van der Waals surface area (Å²) in [6, 6.07) is 8.38. The lowest BCUT2D eigenvalue weighted by Crippen LogP contribution is -2.26. The Kier molecular flexibility index (Phi) is 4.21. The first-order chi connectivity index (χ1) is 10.3. The number of pyridine rings is 2. The molecule has 4 nitrogen and oxygen atoms in total. The molecule has 21 heavy (non-hydrogen) atoms. The quantitative estimate of drug-likeness (QED) is 0.864. The molecule has 1 N–H and O–H groups in total. The Morgan fingerprint density at radius 1 is 1.33 bits per heavy atom. The summed E-state index contributed by atoms with van der Waals surface area (Å²) in [5.41, 5.74) is 0.859. The Labute approximate surface area is 129 Å². The molecule has 0 spiro atoms. The van der Waals surface area contributed by atoms with Crippen molar-refractivity contribution in [1.29, 1.82) is 5.26 Å². The van der Waals surface area contributed by atoms with E-state index in [0.717, 1.165) is 42.4 Å². The molecular formula is C16H17ClN4. The normalized spacial score (nSPS) is 21.9. The second-order valence-electron chi connectivity index (χ2n) is 5.59. The minimum atomic E-state index is 0.398. The van der Waals surface area contributed by atoms with Crippen LogP contribution >= 0.6 is 11.6 Å². The van der Waals surface area contributed by atoms with E-state index in [2.05, 4.69) is 21.4 Å². The molecule has 2 aromatic heterocycles. The number of fused-ring (bicyclic) bond motifs is 1. The van der Waals surface area contributed by atoms with Crippen molar-refractivity contribution in [1.82, 2.24) is 9.97 Å². The van der Waals surface area contributed by atoms with Gasteiger partial charge in [0, 0.05) is 30.1 Å². The molecule has 2 heterocycles. The van der Waals surface area contributed by atoms with Gasteiger partial charge in [-0.1, -0.05) is 11.6 Å². The fourth-order valence-corrected chi connectivity index (χ4v) is 3.18. The summed E-state index contributed by atoms with van der Waals surface area (Å²) in [7, 11) is 0. The van der Waals surface area contributed by atoms with Crippen molar-refractivity contribution >= 4 is 28.3 Å². The Balaban J connectivity index is 1.75. The average molecular weight is 301 g/mol. The summed E-state index contributed by atoms with van der Waals surface area (Å²) in [5, 5.41) is 13.7. The number of hydrogen-bond acceptors (Lipinski definition) is 4. The van der Waals surface area contributed by atoms with Crippen LogP contribution in [0.3, 0.4) is 0 Å². The van der Waals surface area contributed by atoms with Gasteiger partial charge in [-0.05, 0) is 43.7 Å². The summed E-state index contributed by atoms with van der Waals surface area (Å²) in [4.78, 5) is 8.74. The van der Waals surface area contributed by atoms with E-state index in [1.165, 1.54) is 0 Å². The van der Waals surface area contributed by atoms with Gasteiger partial charge in [0.1, 0.15) is 11.0 Å². The molecule has 0 atom stereocenters. The highest BCUT2D eigenvalue weighted by molar-refractivity contribution is 6.30. The second-order valence-corrected chi connectivity index (χ2v) is 5.98. The van der Waals surface area contributed by atoms with Crippen LogP contribution in [-0.4, -0.2) is 16.0 Å². The van der Waals surface area contributed by atoms with Crippen LogP contribution in [0.5, 0.6) is 0 Å². The zero-order valence-electron chi connectivity index (χ0n) is 11.7. The predicted molar refractivity (Wildman–Crippen MR) is 84.1 cm³/mol. The Bertz CT molecular complexity index is 672. The van der Waals surface area contributed by atoms with E-state index in [1.807, 2.05) is 12.1 Å². The minimum absolute atomic E-state index is 0.398. The monoisotopic (exact) mass is 300 g/mol. The molecule has 1 fully saturated rings. The highest BCUT2D eigenvalue weighted by Crippen LogP contribution is 2.30. The summed E-state index contributed by atoms with van der Waals surface area (Å²) in [5.74, 6) is 1.37. The molecule has 2 aromatic rings. The van der Waals surface area contributed by atoms with Crippen molar-refractivity contribution in [2.24, 2.45) is 5.92 Å². The lowest BCUT2D eigenvalue weighted by Gasteiger charge is -2.28. The number of aromatic nitrogens is 2. The standard InChI is InChI=1S/C16H17ClN4/c17-15-10-14-13(2-1-9-19-14)16(21-15)20-12-5-3-11(4-6-12)7-8-18/h1-2,9-12H,3-7H2,(H,20,21)/t11-,12-. The van der Waals surface area contributed by atoms with Crippen LogP contribution in [0.25, 0.3) is 10.9 Å². The van der Waals surface area contributed by atoms with Gasteiger partial charge in [0.2, 0.25) is 0 Å². The lowest BCUT2D eigenvalue weighted by atomic mass is 9.84. The molecule has 0 radical (unpaired) electrons. The van der Waals surface area contributed by atoms with Crippen molar-refractivity contribution in [3.63, 3.8) is 0 Å². The van der Waals surface area contributed by atoms with Crippen LogP contribution < -0.4 is 5.32 Å². The molecule has 5 heteroatoms. The number of hydrogen-bond donors (Lipinski definition) is 1. The van der Waals surface area contributed by atoms with E-state index in [-0.39, 0.29) is 0 Å². The number of rotatable bonds is 3. The number of nitriles is 1. The molecule has 0 aromatic carbocycles. The number of anilines is 1. The fraction of sp³-hybridized carbons (Fsp3) is 0.438. The zero-order chi connectivity index (χ0) is 14.7. The molecule has 0 unspecified atom stereocenters. The third-order valence-electron chi connectivity index (χ3n) is 4.14. The molecular weight excluding hydrogens is 284 g/mol. The topological polar surface area (TPSA) is 61.6 Å². The van der Waals surface area contributed by atoms with Crippen molar-refractivity contribution in [2.45, 2.75) is 38.1 Å². The SMILES string of the molecule is N#CC[C@H]1CC[C@H](Nc2nc(Cl)cc3ncccc23)CC1. The summed E-state index contributed by atoms with van der Waals surface area (Å²) in [6.45, 7) is 0. The van der Waals surface area contributed by atoms with Crippen LogP contribution in [0.4, 0.5) is 5.82 Å². The number of nitrogens with one attached hydrogen (secondary N) is 1. The second kappa shape index (κ2) is 6.28. The van der Waals surface area contributed by atoms with Crippen LogP contribution in [0.2, 0.25) is 5.15 Å². The Hall–Kier alpha value is -1.86. The first kappa shape index (κ1) is 14.1. The minimum Gasteiger partial charge on any atom is -0.367 e. The highest BCUT2D eigenvalue weighted by Gasteiger charge is 2.21. The van der Waals surface area contributed by atoms with Crippen LogP contribution in [0.15, 0.2) is 24.4 Å². The molecule has 108 valence electrons. The van der Waals surface area contributed by atoms with Gasteiger partial charge >= 0.3 is 0 Å². The Morgan fingerprint density at radius 2 is 2.14 bits per heavy atom. The average Bonchev–Trinajstić information content (AvgIpc) is 2.49. The first-order valence-corrected chi connectivity index (χ1v) is 7.69. The molecule has 1 aliphatic rings. The third kappa shape index (κ3) is 3.25. The molecule has 0 amide bonds. The van der Waals surface area contributed by atoms with E-state index in [4.69, 9.17) is 16.9 Å².